The van der Waals surface area contributed by atoms with Gasteiger partial charge in [-0.05, 0) is 24.9 Å². The van der Waals surface area contributed by atoms with E-state index < -0.39 is 0 Å². The minimum absolute atomic E-state index is 0.0348. The molecule has 0 amide bonds. The SMILES string of the molecule is CCN1CCOC(C(NN)c2cccc3c2OCCC3)C1. The van der Waals surface area contributed by atoms with Gasteiger partial charge in [0.1, 0.15) is 5.75 Å². The Bertz CT molecular complexity index is 481. The normalized spacial score (nSPS) is 24.2. The van der Waals surface area contributed by atoms with Crippen molar-refractivity contribution >= 4 is 0 Å². The summed E-state index contributed by atoms with van der Waals surface area (Å²) >= 11 is 0. The van der Waals surface area contributed by atoms with E-state index in [1.54, 1.807) is 0 Å². The molecule has 0 radical (unpaired) electrons. The molecule has 0 bridgehead atoms. The van der Waals surface area contributed by atoms with Gasteiger partial charge in [-0.3, -0.25) is 16.2 Å². The molecular formula is C16H25N3O2. The summed E-state index contributed by atoms with van der Waals surface area (Å²) in [6.45, 7) is 6.66. The standard InChI is InChI=1S/C16H25N3O2/c1-2-19-8-10-20-14(11-19)15(18-17)13-7-3-5-12-6-4-9-21-16(12)13/h3,5,7,14-15,18H,2,4,6,8-11,17H2,1H3. The maximum absolute atomic E-state index is 5.97. The van der Waals surface area contributed by atoms with E-state index in [2.05, 4.69) is 35.4 Å². The number of ether oxygens (including phenoxy) is 2. The number of hydrogen-bond donors (Lipinski definition) is 2. The van der Waals surface area contributed by atoms with E-state index in [1.165, 1.54) is 5.56 Å². The topological polar surface area (TPSA) is 59.8 Å². The van der Waals surface area contributed by atoms with Crippen molar-refractivity contribution in [2.45, 2.75) is 31.9 Å². The molecule has 1 aromatic rings. The fourth-order valence-electron chi connectivity index (χ4n) is 3.28. The van der Waals surface area contributed by atoms with E-state index in [4.69, 9.17) is 15.3 Å². The quantitative estimate of drug-likeness (QED) is 0.645. The maximum atomic E-state index is 5.97. The number of hydrogen-bond acceptors (Lipinski definition) is 5. The molecule has 5 heteroatoms. The third kappa shape index (κ3) is 3.06. The van der Waals surface area contributed by atoms with Gasteiger partial charge in [0, 0.05) is 18.7 Å². The molecule has 1 fully saturated rings. The number of para-hydroxylation sites is 1. The fourth-order valence-corrected chi connectivity index (χ4v) is 3.28. The van der Waals surface area contributed by atoms with Crippen LogP contribution in [0.2, 0.25) is 0 Å². The molecule has 5 nitrogen and oxygen atoms in total. The number of rotatable bonds is 4. The van der Waals surface area contributed by atoms with Gasteiger partial charge < -0.3 is 9.47 Å². The molecule has 2 aliphatic rings. The van der Waals surface area contributed by atoms with Crippen molar-refractivity contribution in [3.63, 3.8) is 0 Å². The summed E-state index contributed by atoms with van der Waals surface area (Å²) in [5.41, 5.74) is 5.35. The third-order valence-corrected chi connectivity index (χ3v) is 4.48. The van der Waals surface area contributed by atoms with Crippen LogP contribution in [-0.2, 0) is 11.2 Å². The number of hydrazine groups is 1. The lowest BCUT2D eigenvalue weighted by atomic mass is 9.94. The Morgan fingerprint density at radius 1 is 1.43 bits per heavy atom. The molecule has 2 unspecified atom stereocenters. The highest BCUT2D eigenvalue weighted by molar-refractivity contribution is 5.45. The first-order valence-electron chi connectivity index (χ1n) is 7.88. The van der Waals surface area contributed by atoms with Crippen LogP contribution in [0.3, 0.4) is 0 Å². The summed E-state index contributed by atoms with van der Waals surface area (Å²) in [4.78, 5) is 2.40. The minimum atomic E-state index is -0.0348. The molecule has 1 saturated heterocycles. The van der Waals surface area contributed by atoms with Crippen LogP contribution < -0.4 is 16.0 Å². The second kappa shape index (κ2) is 6.75. The zero-order chi connectivity index (χ0) is 14.7. The second-order valence-electron chi connectivity index (χ2n) is 5.73. The van der Waals surface area contributed by atoms with Crippen LogP contribution in [0, 0.1) is 0 Å². The van der Waals surface area contributed by atoms with Crippen LogP contribution in [0.15, 0.2) is 18.2 Å². The molecule has 1 aromatic carbocycles. The van der Waals surface area contributed by atoms with E-state index in [0.29, 0.717) is 0 Å². The smallest absolute Gasteiger partial charge is 0.127 e. The number of likely N-dealkylation sites (N-methyl/N-ethyl adjacent to an activating group) is 1. The first-order valence-corrected chi connectivity index (χ1v) is 7.88. The number of morpholine rings is 1. The maximum Gasteiger partial charge on any atom is 0.127 e. The van der Waals surface area contributed by atoms with Gasteiger partial charge >= 0.3 is 0 Å². The van der Waals surface area contributed by atoms with Crippen molar-refractivity contribution in [2.24, 2.45) is 5.84 Å². The van der Waals surface area contributed by atoms with E-state index in [0.717, 1.165) is 57.0 Å². The lowest BCUT2D eigenvalue weighted by Gasteiger charge is -2.37. The molecule has 21 heavy (non-hydrogen) atoms. The Hall–Kier alpha value is -1.14. The van der Waals surface area contributed by atoms with Gasteiger partial charge in [0.2, 0.25) is 0 Å². The van der Waals surface area contributed by atoms with Crippen molar-refractivity contribution in [3.05, 3.63) is 29.3 Å². The van der Waals surface area contributed by atoms with Crippen molar-refractivity contribution in [1.29, 1.82) is 0 Å². The Morgan fingerprint density at radius 3 is 3.14 bits per heavy atom. The molecule has 3 rings (SSSR count). The first-order chi connectivity index (χ1) is 10.3. The summed E-state index contributed by atoms with van der Waals surface area (Å²) in [5, 5.41) is 0. The van der Waals surface area contributed by atoms with Gasteiger partial charge in [-0.25, -0.2) is 0 Å². The molecular weight excluding hydrogens is 266 g/mol. The zero-order valence-corrected chi connectivity index (χ0v) is 12.7. The lowest BCUT2D eigenvalue weighted by molar-refractivity contribution is -0.0460. The van der Waals surface area contributed by atoms with Crippen LogP contribution in [0.4, 0.5) is 0 Å². The number of aryl methyl sites for hydroxylation is 1. The van der Waals surface area contributed by atoms with Crippen LogP contribution in [0.25, 0.3) is 0 Å². The van der Waals surface area contributed by atoms with Crippen molar-refractivity contribution < 1.29 is 9.47 Å². The molecule has 2 atom stereocenters. The van der Waals surface area contributed by atoms with Gasteiger partial charge in [-0.2, -0.15) is 0 Å². The third-order valence-electron chi connectivity index (χ3n) is 4.48. The van der Waals surface area contributed by atoms with Crippen molar-refractivity contribution in [1.82, 2.24) is 10.3 Å². The number of nitrogens with two attached hydrogens (primary N) is 1. The Labute approximate surface area is 126 Å². The average molecular weight is 291 g/mol. The number of nitrogens with zero attached hydrogens (tertiary/aromatic N) is 1. The van der Waals surface area contributed by atoms with Crippen LogP contribution in [0.1, 0.15) is 30.5 Å². The van der Waals surface area contributed by atoms with Gasteiger partial charge in [-0.15, -0.1) is 0 Å². The molecule has 116 valence electrons. The van der Waals surface area contributed by atoms with Crippen LogP contribution in [-0.4, -0.2) is 43.9 Å². The van der Waals surface area contributed by atoms with E-state index in [9.17, 15) is 0 Å². The number of nitrogens with one attached hydrogen (secondary N) is 1. The van der Waals surface area contributed by atoms with Crippen molar-refractivity contribution in [3.8, 4) is 5.75 Å². The summed E-state index contributed by atoms with van der Waals surface area (Å²) in [5.74, 6) is 6.86. The molecule has 2 heterocycles. The lowest BCUT2D eigenvalue weighted by Crippen LogP contribution is -2.49. The summed E-state index contributed by atoms with van der Waals surface area (Å²) in [6.07, 6.45) is 2.22. The zero-order valence-electron chi connectivity index (χ0n) is 12.7. The first kappa shape index (κ1) is 14.8. The minimum Gasteiger partial charge on any atom is -0.493 e. The second-order valence-corrected chi connectivity index (χ2v) is 5.73. The van der Waals surface area contributed by atoms with Crippen LogP contribution >= 0.6 is 0 Å². The molecule has 0 aliphatic carbocycles. The largest absolute Gasteiger partial charge is 0.493 e. The Morgan fingerprint density at radius 2 is 2.33 bits per heavy atom. The average Bonchev–Trinajstić information content (AvgIpc) is 2.56. The Balaban J connectivity index is 1.86. The molecule has 2 aliphatic heterocycles. The number of fused-ring (bicyclic) bond motifs is 1. The number of benzene rings is 1. The highest BCUT2D eigenvalue weighted by Crippen LogP contribution is 2.35. The Kier molecular flexibility index (Phi) is 4.75. The highest BCUT2D eigenvalue weighted by atomic mass is 16.5. The van der Waals surface area contributed by atoms with Crippen molar-refractivity contribution in [2.75, 3.05) is 32.8 Å². The fraction of sp³-hybridized carbons (Fsp3) is 0.625. The molecule has 0 aromatic heterocycles. The summed E-state index contributed by atoms with van der Waals surface area (Å²) < 4.78 is 11.9. The predicted octanol–water partition coefficient (Wildman–Crippen LogP) is 1.24. The van der Waals surface area contributed by atoms with E-state index in [1.807, 2.05) is 0 Å². The van der Waals surface area contributed by atoms with Gasteiger partial charge in [0.05, 0.1) is 25.4 Å². The van der Waals surface area contributed by atoms with Gasteiger partial charge in [-0.1, -0.05) is 25.1 Å². The van der Waals surface area contributed by atoms with E-state index >= 15 is 0 Å². The molecule has 0 spiro atoms. The highest BCUT2D eigenvalue weighted by Gasteiger charge is 2.31. The summed E-state index contributed by atoms with van der Waals surface area (Å²) in [7, 11) is 0. The van der Waals surface area contributed by atoms with E-state index in [-0.39, 0.29) is 12.1 Å². The summed E-state index contributed by atoms with van der Waals surface area (Å²) in [6, 6.07) is 6.30. The monoisotopic (exact) mass is 291 g/mol. The van der Waals surface area contributed by atoms with Gasteiger partial charge in [0.25, 0.3) is 0 Å². The molecule has 3 N–H and O–H groups in total. The molecule has 0 saturated carbocycles. The van der Waals surface area contributed by atoms with Crippen LogP contribution in [0.5, 0.6) is 5.75 Å². The van der Waals surface area contributed by atoms with Gasteiger partial charge in [0.15, 0.2) is 0 Å². The predicted molar refractivity (Wildman–Crippen MR) is 82.2 cm³/mol.